The number of esters is 2. The van der Waals surface area contributed by atoms with Gasteiger partial charge in [0.25, 0.3) is 11.7 Å². The highest BCUT2D eigenvalue weighted by Gasteiger charge is 2.53. The first kappa shape index (κ1) is 63.6. The quantitative estimate of drug-likeness (QED) is 0.108. The summed E-state index contributed by atoms with van der Waals surface area (Å²) in [5.41, 5.74) is 1.22. The summed E-state index contributed by atoms with van der Waals surface area (Å²) in [6, 6.07) is -1.19. The number of allylic oxidation sites excluding steroid dienone is 6. The van der Waals surface area contributed by atoms with E-state index in [0.29, 0.717) is 69.8 Å². The van der Waals surface area contributed by atoms with Gasteiger partial charge in [-0.05, 0) is 107 Å². The van der Waals surface area contributed by atoms with E-state index in [9.17, 15) is 49.2 Å². The Bertz CT molecular complexity index is 2010. The normalized spacial score (nSPS) is 35.5. The summed E-state index contributed by atoms with van der Waals surface area (Å²) in [5.74, 6) is -9.03. The van der Waals surface area contributed by atoms with Gasteiger partial charge in [-0.25, -0.2) is 4.79 Å². The minimum atomic E-state index is -2.47. The second kappa shape index (κ2) is 30.8. The minimum absolute atomic E-state index is 0.00534. The highest BCUT2D eigenvalue weighted by molar-refractivity contribution is 6.39. The predicted octanol–water partition coefficient (Wildman–Crippen LogP) is 5.02. The van der Waals surface area contributed by atoms with Crippen LogP contribution in [0.2, 0.25) is 0 Å². The number of cyclic esters (lactones) is 1. The largest absolute Gasteiger partial charge is 0.460 e. The van der Waals surface area contributed by atoms with E-state index in [1.807, 2.05) is 51.2 Å². The maximum Gasteiger partial charge on any atom is 0.329 e. The Morgan fingerprint density at radius 2 is 1.56 bits per heavy atom. The van der Waals surface area contributed by atoms with Crippen molar-refractivity contribution in [3.63, 3.8) is 0 Å². The molecule has 18 nitrogen and oxygen atoms in total. The fraction of sp³-hybridized carbons (Fsp3) is 0.754. The summed E-state index contributed by atoms with van der Waals surface area (Å²) in [7, 11) is 4.47. The maximum atomic E-state index is 14.6. The third kappa shape index (κ3) is 18.0. The molecule has 3 aliphatic heterocycles. The lowest BCUT2D eigenvalue weighted by Gasteiger charge is -2.42. The van der Waals surface area contributed by atoms with Crippen LogP contribution >= 0.6 is 0 Å². The van der Waals surface area contributed by atoms with Crippen LogP contribution in [0.3, 0.4) is 0 Å². The Kier molecular flexibility index (Phi) is 26.1. The number of methoxy groups -OCH3 is 3. The van der Waals surface area contributed by atoms with E-state index in [2.05, 4.69) is 0 Å². The number of piperidine rings is 1. The van der Waals surface area contributed by atoms with Crippen molar-refractivity contribution in [3.8, 4) is 0 Å². The van der Waals surface area contributed by atoms with E-state index in [-0.39, 0.29) is 75.6 Å². The van der Waals surface area contributed by atoms with Gasteiger partial charge in [0.05, 0.1) is 38.1 Å². The van der Waals surface area contributed by atoms with Crippen LogP contribution in [0.1, 0.15) is 126 Å². The first-order valence-electron chi connectivity index (χ1n) is 27.2. The molecule has 75 heavy (non-hydrogen) atoms. The Balaban J connectivity index is 1.67. The van der Waals surface area contributed by atoms with Crippen molar-refractivity contribution in [2.75, 3.05) is 60.7 Å². The topological polar surface area (TPSA) is 245 Å². The summed E-state index contributed by atoms with van der Waals surface area (Å²) in [6.07, 6.45) is 10.2. The van der Waals surface area contributed by atoms with E-state index >= 15 is 0 Å². The Hall–Kier alpha value is -3.98. The third-order valence-electron chi connectivity index (χ3n) is 15.9. The van der Waals surface area contributed by atoms with Crippen LogP contribution in [0, 0.1) is 35.5 Å². The van der Waals surface area contributed by atoms with Crippen LogP contribution in [0.15, 0.2) is 47.6 Å². The number of carbonyl (C=O) groups is 6. The zero-order valence-electron chi connectivity index (χ0n) is 46.4. The summed E-state index contributed by atoms with van der Waals surface area (Å²) in [5, 5.41) is 42.4. The second-order valence-corrected chi connectivity index (χ2v) is 21.8. The Morgan fingerprint density at radius 1 is 0.853 bits per heavy atom. The van der Waals surface area contributed by atoms with Gasteiger partial charge in [-0.3, -0.25) is 28.9 Å². The van der Waals surface area contributed by atoms with Gasteiger partial charge in [0.2, 0.25) is 5.79 Å². The molecule has 1 saturated carbocycles. The van der Waals surface area contributed by atoms with Crippen molar-refractivity contribution < 1.29 is 77.6 Å². The van der Waals surface area contributed by atoms with Crippen molar-refractivity contribution in [2.45, 2.75) is 180 Å². The molecule has 0 radical (unpaired) electrons. The molecule has 2 bridgehead atoms. The highest BCUT2D eigenvalue weighted by Crippen LogP contribution is 2.38. The number of Topliss-reactive ketones (excluding diaryl/α,β-unsaturated/α-hetero) is 3. The molecule has 1 amide bonds. The standard InChI is InChI=1S/C57H90N2O16/c1-35-16-12-11-13-17-36(2)47(70-8)32-43-21-19-41(7)57(69,75-43)54(66)55(67)59-23-15-14-18-44(59)56(68)74-48(33-45(62)37(3)29-40(6)52(65)53(72-10)51(64)39(5)28-35)38(4)30-42-20-22-46(49(31-42)71-9)73-50(63)34-58(24-26-60)25-27-61/h11-13,16-17,29,35,37-39,41-44,46-49,52-53,60-61,65,69H,14-15,18-28,30-34H2,1-10H3/b13-11?,16-12+,36-17?,40-29+/t35-,37-,38-,39-,41-,42+,43+,44+,46-,47+,48+,49-,52-,53+,57-/m1/s1. The molecule has 3 fully saturated rings. The second-order valence-electron chi connectivity index (χ2n) is 21.8. The van der Waals surface area contributed by atoms with E-state index in [4.69, 9.17) is 28.4 Å². The van der Waals surface area contributed by atoms with Crippen molar-refractivity contribution in [2.24, 2.45) is 35.5 Å². The Labute approximate surface area is 445 Å². The monoisotopic (exact) mass is 1060 g/mol. The SMILES string of the molecule is CO[C@H]1C[C@@H]2CC[C@@H](C)[C@@](O)(O2)C(=O)C(=O)N2CCCC[C@H]2C(=O)O[C@H]([C@H](C)C[C@@H]2CC[C@@H](OC(=O)CN(CCO)CCO)[C@H](OC)C2)CC(=O)[C@H](C)/C=C(\C)[C@@H](O)[C@@H](OC)C(=O)[C@H](C)C[C@H](C)/C=C/C=CC=C1C. The lowest BCUT2D eigenvalue weighted by Crippen LogP contribution is -2.61. The minimum Gasteiger partial charge on any atom is -0.460 e. The smallest absolute Gasteiger partial charge is 0.329 e. The zero-order chi connectivity index (χ0) is 55.6. The summed E-state index contributed by atoms with van der Waals surface area (Å²) >= 11 is 0. The average molecular weight is 1060 g/mol. The number of ketones is 3. The number of fused-ring (bicyclic) bond motifs is 3. The molecule has 0 unspecified atom stereocenters. The molecular weight excluding hydrogens is 969 g/mol. The predicted molar refractivity (Wildman–Crippen MR) is 280 cm³/mol. The van der Waals surface area contributed by atoms with Gasteiger partial charge in [-0.1, -0.05) is 71.1 Å². The number of amides is 1. The van der Waals surface area contributed by atoms with Gasteiger partial charge in [-0.15, -0.1) is 0 Å². The van der Waals surface area contributed by atoms with Gasteiger partial charge < -0.3 is 53.7 Å². The van der Waals surface area contributed by atoms with Crippen LogP contribution in [-0.4, -0.2) is 181 Å². The first-order chi connectivity index (χ1) is 35.6. The molecule has 0 aromatic heterocycles. The lowest BCUT2D eigenvalue weighted by atomic mass is 9.78. The van der Waals surface area contributed by atoms with E-state index < -0.39 is 102 Å². The van der Waals surface area contributed by atoms with Crippen LogP contribution < -0.4 is 0 Å². The lowest BCUT2D eigenvalue weighted by molar-refractivity contribution is -0.265. The molecule has 4 N–H and O–H groups in total. The van der Waals surface area contributed by atoms with E-state index in [0.717, 1.165) is 5.57 Å². The number of aliphatic hydroxyl groups excluding tert-OH is 3. The van der Waals surface area contributed by atoms with Crippen molar-refractivity contribution in [3.05, 3.63) is 47.6 Å². The van der Waals surface area contributed by atoms with Crippen LogP contribution in [0.4, 0.5) is 0 Å². The summed E-state index contributed by atoms with van der Waals surface area (Å²) < 4.78 is 35.6. The number of rotatable bonds is 13. The fourth-order valence-corrected chi connectivity index (χ4v) is 11.2. The molecule has 0 aromatic rings. The van der Waals surface area contributed by atoms with Crippen LogP contribution in [0.25, 0.3) is 0 Å². The number of carbonyl (C=O) groups excluding carboxylic acids is 6. The molecule has 4 aliphatic rings. The molecule has 15 atom stereocenters. The molecule has 2 saturated heterocycles. The van der Waals surface area contributed by atoms with Crippen molar-refractivity contribution in [1.82, 2.24) is 9.80 Å². The van der Waals surface area contributed by atoms with E-state index in [1.165, 1.54) is 19.1 Å². The zero-order valence-corrected chi connectivity index (χ0v) is 46.4. The van der Waals surface area contributed by atoms with Crippen LogP contribution in [0.5, 0.6) is 0 Å². The van der Waals surface area contributed by atoms with Gasteiger partial charge >= 0.3 is 11.9 Å². The number of hydrogen-bond donors (Lipinski definition) is 4. The third-order valence-corrected chi connectivity index (χ3v) is 15.9. The van der Waals surface area contributed by atoms with Gasteiger partial charge in [-0.2, -0.15) is 0 Å². The summed E-state index contributed by atoms with van der Waals surface area (Å²) in [6.45, 7) is 12.5. The summed E-state index contributed by atoms with van der Waals surface area (Å²) in [4.78, 5) is 87.1. The average Bonchev–Trinajstić information content (AvgIpc) is 3.38. The van der Waals surface area contributed by atoms with Gasteiger partial charge in [0.1, 0.15) is 36.2 Å². The van der Waals surface area contributed by atoms with Gasteiger partial charge in [0, 0.05) is 71.6 Å². The number of nitrogens with zero attached hydrogens (tertiary/aromatic N) is 2. The molecular formula is C57H90N2O16. The molecule has 424 valence electrons. The molecule has 18 heteroatoms. The van der Waals surface area contributed by atoms with Crippen molar-refractivity contribution in [1.29, 1.82) is 0 Å². The van der Waals surface area contributed by atoms with Crippen LogP contribution in [-0.2, 0) is 57.2 Å². The molecule has 1 aliphatic carbocycles. The van der Waals surface area contributed by atoms with Gasteiger partial charge in [0.15, 0.2) is 5.78 Å². The van der Waals surface area contributed by atoms with E-state index in [1.54, 1.807) is 45.8 Å². The molecule has 3 heterocycles. The maximum absolute atomic E-state index is 14.6. The molecule has 0 aromatic carbocycles. The fourth-order valence-electron chi connectivity index (χ4n) is 11.2. The first-order valence-corrected chi connectivity index (χ1v) is 27.2. The van der Waals surface area contributed by atoms with Crippen molar-refractivity contribution >= 4 is 35.2 Å². The highest BCUT2D eigenvalue weighted by atomic mass is 16.6. The number of aliphatic hydroxyl groups is 4. The molecule has 4 rings (SSSR count). The number of ether oxygens (including phenoxy) is 6. The molecule has 0 spiro atoms. The number of hydrogen-bond acceptors (Lipinski definition) is 17. The Morgan fingerprint density at radius 3 is 2.21 bits per heavy atom.